The molecule has 0 aliphatic heterocycles. The van der Waals surface area contributed by atoms with Crippen molar-refractivity contribution in [3.05, 3.63) is 12.7 Å². The minimum absolute atomic E-state index is 0.206. The normalized spacial score (nSPS) is 12.8. The molecule has 0 spiro atoms. The molecule has 1 aromatic heterocycles. The van der Waals surface area contributed by atoms with Gasteiger partial charge >= 0.3 is 5.97 Å². The van der Waals surface area contributed by atoms with Crippen molar-refractivity contribution in [2.24, 2.45) is 0 Å². The topological polar surface area (TPSA) is 69.0 Å². The highest BCUT2D eigenvalue weighted by atomic mass is 16.5. The molecular weight excluding hydrogens is 196 g/mol. The molecule has 0 aromatic carbocycles. The van der Waals surface area contributed by atoms with Crippen molar-refractivity contribution < 1.29 is 9.53 Å². The largest absolute Gasteiger partial charge is 0.468 e. The summed E-state index contributed by atoms with van der Waals surface area (Å²) in [5.74, 6) is -0.292. The fraction of sp³-hybridized carbons (Fsp3) is 0.667. The first-order chi connectivity index (χ1) is 7.13. The van der Waals surface area contributed by atoms with E-state index >= 15 is 0 Å². The standard InChI is InChI=1S/C9H16N4O2/c1-7(2)12-8(9(14)15-3)4-13-6-10-5-11-13/h5-8,12H,4H2,1-3H3. The Balaban J connectivity index is 2.60. The van der Waals surface area contributed by atoms with Gasteiger partial charge in [0.1, 0.15) is 18.7 Å². The van der Waals surface area contributed by atoms with Gasteiger partial charge in [-0.15, -0.1) is 0 Å². The number of aromatic nitrogens is 3. The van der Waals surface area contributed by atoms with Crippen molar-refractivity contribution >= 4 is 5.97 Å². The summed E-state index contributed by atoms with van der Waals surface area (Å²) in [7, 11) is 1.37. The van der Waals surface area contributed by atoms with Crippen molar-refractivity contribution in [2.45, 2.75) is 32.5 Å². The lowest BCUT2D eigenvalue weighted by molar-refractivity contribution is -0.143. The molecular formula is C9H16N4O2. The van der Waals surface area contributed by atoms with E-state index < -0.39 is 6.04 Å². The maximum absolute atomic E-state index is 11.4. The quantitative estimate of drug-likeness (QED) is 0.685. The van der Waals surface area contributed by atoms with Gasteiger partial charge in [-0.05, 0) is 0 Å². The zero-order valence-corrected chi connectivity index (χ0v) is 9.17. The number of nitrogens with zero attached hydrogens (tertiary/aromatic N) is 3. The van der Waals surface area contributed by atoms with Crippen LogP contribution >= 0.6 is 0 Å². The summed E-state index contributed by atoms with van der Waals surface area (Å²) in [5.41, 5.74) is 0. The molecule has 0 saturated carbocycles. The predicted octanol–water partition coefficient (Wildman–Crippen LogP) is -0.182. The Labute approximate surface area is 88.6 Å². The van der Waals surface area contributed by atoms with E-state index in [9.17, 15) is 4.79 Å². The molecule has 0 amide bonds. The molecule has 0 bridgehead atoms. The van der Waals surface area contributed by atoms with Gasteiger partial charge in [0.15, 0.2) is 0 Å². The first-order valence-electron chi connectivity index (χ1n) is 4.79. The third-order valence-electron chi connectivity index (χ3n) is 1.86. The molecule has 1 N–H and O–H groups in total. The minimum atomic E-state index is -0.392. The third kappa shape index (κ3) is 3.67. The highest BCUT2D eigenvalue weighted by Gasteiger charge is 2.20. The summed E-state index contributed by atoms with van der Waals surface area (Å²) in [4.78, 5) is 15.2. The molecule has 1 aromatic rings. The van der Waals surface area contributed by atoms with Gasteiger partial charge in [-0.25, -0.2) is 4.98 Å². The van der Waals surface area contributed by atoms with Gasteiger partial charge in [0.05, 0.1) is 13.7 Å². The van der Waals surface area contributed by atoms with Crippen LogP contribution in [0.3, 0.4) is 0 Å². The number of ether oxygens (including phenoxy) is 1. The molecule has 1 atom stereocenters. The average molecular weight is 212 g/mol. The molecule has 1 heterocycles. The molecule has 1 rings (SSSR count). The highest BCUT2D eigenvalue weighted by molar-refractivity contribution is 5.75. The second-order valence-corrected chi connectivity index (χ2v) is 3.51. The van der Waals surface area contributed by atoms with E-state index in [-0.39, 0.29) is 12.0 Å². The number of esters is 1. The van der Waals surface area contributed by atoms with Crippen molar-refractivity contribution in [2.75, 3.05) is 7.11 Å². The second kappa shape index (κ2) is 5.45. The fourth-order valence-electron chi connectivity index (χ4n) is 1.25. The van der Waals surface area contributed by atoms with Crippen LogP contribution in [0.2, 0.25) is 0 Å². The summed E-state index contributed by atoms with van der Waals surface area (Å²) in [5, 5.41) is 7.04. The lowest BCUT2D eigenvalue weighted by atomic mass is 10.2. The Kier molecular flexibility index (Phi) is 4.23. The monoisotopic (exact) mass is 212 g/mol. The van der Waals surface area contributed by atoms with Crippen molar-refractivity contribution in [1.82, 2.24) is 20.1 Å². The Bertz CT molecular complexity index is 297. The predicted molar refractivity (Wildman–Crippen MR) is 54.1 cm³/mol. The molecule has 0 fully saturated rings. The maximum atomic E-state index is 11.4. The van der Waals surface area contributed by atoms with Crippen molar-refractivity contribution in [3.63, 3.8) is 0 Å². The number of carbonyl (C=O) groups is 1. The Hall–Kier alpha value is -1.43. The van der Waals surface area contributed by atoms with Gasteiger partial charge in [0.2, 0.25) is 0 Å². The lowest BCUT2D eigenvalue weighted by Gasteiger charge is -2.18. The molecule has 6 heteroatoms. The van der Waals surface area contributed by atoms with Crippen LogP contribution in [-0.2, 0) is 16.1 Å². The Morgan fingerprint density at radius 2 is 2.33 bits per heavy atom. The minimum Gasteiger partial charge on any atom is -0.468 e. The molecule has 0 radical (unpaired) electrons. The summed E-state index contributed by atoms with van der Waals surface area (Å²) in [6.45, 7) is 4.36. The number of carbonyl (C=O) groups excluding carboxylic acids is 1. The van der Waals surface area contributed by atoms with Crippen molar-refractivity contribution in [3.8, 4) is 0 Å². The fourth-order valence-corrected chi connectivity index (χ4v) is 1.25. The van der Waals surface area contributed by atoms with Crippen LogP contribution in [0.25, 0.3) is 0 Å². The Morgan fingerprint density at radius 3 is 2.80 bits per heavy atom. The van der Waals surface area contributed by atoms with Crippen molar-refractivity contribution in [1.29, 1.82) is 0 Å². The van der Waals surface area contributed by atoms with E-state index in [1.54, 1.807) is 11.0 Å². The van der Waals surface area contributed by atoms with Crippen LogP contribution in [0.1, 0.15) is 13.8 Å². The summed E-state index contributed by atoms with van der Waals surface area (Å²) in [6, 6.07) is -0.186. The van der Waals surface area contributed by atoms with Gasteiger partial charge in [-0.2, -0.15) is 5.10 Å². The van der Waals surface area contributed by atoms with E-state index in [1.807, 2.05) is 13.8 Å². The van der Waals surface area contributed by atoms with Gasteiger partial charge < -0.3 is 10.1 Å². The Morgan fingerprint density at radius 1 is 1.60 bits per heavy atom. The number of methoxy groups -OCH3 is 1. The van der Waals surface area contributed by atoms with Gasteiger partial charge in [-0.3, -0.25) is 9.48 Å². The lowest BCUT2D eigenvalue weighted by Crippen LogP contribution is -2.44. The second-order valence-electron chi connectivity index (χ2n) is 3.51. The molecule has 6 nitrogen and oxygen atoms in total. The zero-order valence-electron chi connectivity index (χ0n) is 9.17. The van der Waals surface area contributed by atoms with Crippen LogP contribution < -0.4 is 5.32 Å². The van der Waals surface area contributed by atoms with E-state index in [1.165, 1.54) is 13.4 Å². The molecule has 15 heavy (non-hydrogen) atoms. The van der Waals surface area contributed by atoms with Gasteiger partial charge in [0.25, 0.3) is 0 Å². The van der Waals surface area contributed by atoms with Gasteiger partial charge in [-0.1, -0.05) is 13.8 Å². The number of rotatable bonds is 5. The van der Waals surface area contributed by atoms with E-state index in [2.05, 4.69) is 15.4 Å². The zero-order chi connectivity index (χ0) is 11.3. The van der Waals surface area contributed by atoms with Crippen LogP contribution in [0.15, 0.2) is 12.7 Å². The van der Waals surface area contributed by atoms with Crippen LogP contribution in [0, 0.1) is 0 Å². The number of hydrogen-bond acceptors (Lipinski definition) is 5. The van der Waals surface area contributed by atoms with E-state index in [0.717, 1.165) is 0 Å². The summed E-state index contributed by atoms with van der Waals surface area (Å²) >= 11 is 0. The molecule has 84 valence electrons. The average Bonchev–Trinajstić information content (AvgIpc) is 2.67. The first-order valence-corrected chi connectivity index (χ1v) is 4.79. The summed E-state index contributed by atoms with van der Waals surface area (Å²) < 4.78 is 6.29. The van der Waals surface area contributed by atoms with Crippen LogP contribution in [0.5, 0.6) is 0 Å². The van der Waals surface area contributed by atoms with E-state index in [0.29, 0.717) is 6.54 Å². The van der Waals surface area contributed by atoms with E-state index in [4.69, 9.17) is 4.74 Å². The first kappa shape index (κ1) is 11.6. The molecule has 0 saturated heterocycles. The summed E-state index contributed by atoms with van der Waals surface area (Å²) in [6.07, 6.45) is 3.00. The number of nitrogens with one attached hydrogen (secondary N) is 1. The third-order valence-corrected chi connectivity index (χ3v) is 1.86. The molecule has 0 aliphatic carbocycles. The smallest absolute Gasteiger partial charge is 0.324 e. The van der Waals surface area contributed by atoms with Gasteiger partial charge in [0, 0.05) is 6.04 Å². The molecule has 1 unspecified atom stereocenters. The molecule has 0 aliphatic rings. The highest BCUT2D eigenvalue weighted by Crippen LogP contribution is 1.95. The number of hydrogen-bond donors (Lipinski definition) is 1. The van der Waals surface area contributed by atoms with Crippen LogP contribution in [0.4, 0.5) is 0 Å². The van der Waals surface area contributed by atoms with Crippen LogP contribution in [-0.4, -0.2) is 39.9 Å². The maximum Gasteiger partial charge on any atom is 0.324 e. The SMILES string of the molecule is COC(=O)C(Cn1cncn1)NC(C)C.